The Balaban J connectivity index is 2.34. The molecule has 100 valence electrons. The van der Waals surface area contributed by atoms with Crippen LogP contribution in [0.2, 0.25) is 0 Å². The quantitative estimate of drug-likeness (QED) is 0.725. The summed E-state index contributed by atoms with van der Waals surface area (Å²) >= 11 is 0. The average Bonchev–Trinajstić information content (AvgIpc) is 2.40. The van der Waals surface area contributed by atoms with Crippen molar-refractivity contribution in [1.29, 1.82) is 0 Å². The summed E-state index contributed by atoms with van der Waals surface area (Å²) in [6.07, 6.45) is 1.25. The second-order valence-corrected chi connectivity index (χ2v) is 8.90. The summed E-state index contributed by atoms with van der Waals surface area (Å²) < 4.78 is 0. The van der Waals surface area contributed by atoms with E-state index in [1.165, 1.54) is 17.0 Å². The Kier molecular flexibility index (Phi) is 5.56. The standard InChI is InChI=1S/C17H22P2/c1-14(18)13-15(2)19(16-9-5-3-6-10-16)17-11-7-4-8-12-17/h3-12,14-15H,13,18H2,1-2H3/t14-,15-/m0/s1. The van der Waals surface area contributed by atoms with Gasteiger partial charge in [0, 0.05) is 0 Å². The van der Waals surface area contributed by atoms with E-state index in [0.29, 0.717) is 11.3 Å². The van der Waals surface area contributed by atoms with Gasteiger partial charge in [-0.15, -0.1) is 9.24 Å². The first-order chi connectivity index (χ1) is 9.18. The molecule has 0 heterocycles. The van der Waals surface area contributed by atoms with E-state index < -0.39 is 0 Å². The predicted molar refractivity (Wildman–Crippen MR) is 92.3 cm³/mol. The molecule has 0 saturated heterocycles. The van der Waals surface area contributed by atoms with Gasteiger partial charge in [-0.25, -0.2) is 0 Å². The molecule has 0 radical (unpaired) electrons. The minimum absolute atomic E-state index is 0.258. The van der Waals surface area contributed by atoms with Crippen molar-refractivity contribution in [2.24, 2.45) is 0 Å². The van der Waals surface area contributed by atoms with Crippen LogP contribution < -0.4 is 10.6 Å². The monoisotopic (exact) mass is 288 g/mol. The van der Waals surface area contributed by atoms with Gasteiger partial charge in [-0.1, -0.05) is 74.5 Å². The van der Waals surface area contributed by atoms with E-state index in [1.54, 1.807) is 0 Å². The predicted octanol–water partition coefficient (Wildman–Crippen LogP) is 4.16. The van der Waals surface area contributed by atoms with Crippen LogP contribution in [0.4, 0.5) is 0 Å². The molecule has 0 fully saturated rings. The zero-order valence-electron chi connectivity index (χ0n) is 11.7. The Labute approximate surface area is 120 Å². The summed E-state index contributed by atoms with van der Waals surface area (Å²) in [5.74, 6) is 0. The summed E-state index contributed by atoms with van der Waals surface area (Å²) in [6.45, 7) is 4.68. The van der Waals surface area contributed by atoms with Gasteiger partial charge < -0.3 is 0 Å². The largest absolute Gasteiger partial charge is 0.135 e. The third-order valence-electron chi connectivity index (χ3n) is 3.22. The van der Waals surface area contributed by atoms with E-state index in [2.05, 4.69) is 83.8 Å². The number of rotatable bonds is 5. The molecule has 1 unspecified atom stereocenters. The van der Waals surface area contributed by atoms with Crippen molar-refractivity contribution in [2.75, 3.05) is 0 Å². The first-order valence-corrected chi connectivity index (χ1v) is 8.91. The molecular formula is C17H22P2. The summed E-state index contributed by atoms with van der Waals surface area (Å²) in [5.41, 5.74) is 1.37. The van der Waals surface area contributed by atoms with Crippen LogP contribution in [0.1, 0.15) is 20.3 Å². The van der Waals surface area contributed by atoms with E-state index in [4.69, 9.17) is 0 Å². The van der Waals surface area contributed by atoms with Crippen LogP contribution in [0, 0.1) is 0 Å². The molecule has 0 aliphatic carbocycles. The fourth-order valence-corrected chi connectivity index (χ4v) is 5.96. The summed E-state index contributed by atoms with van der Waals surface area (Å²) in [6, 6.07) is 22.0. The molecule has 0 aromatic heterocycles. The van der Waals surface area contributed by atoms with Crippen LogP contribution >= 0.6 is 17.2 Å². The number of hydrogen-bond donors (Lipinski definition) is 0. The van der Waals surface area contributed by atoms with E-state index in [1.807, 2.05) is 0 Å². The SMILES string of the molecule is C[C@H](P)C[C@H](C)P(c1ccccc1)c1ccccc1. The van der Waals surface area contributed by atoms with E-state index >= 15 is 0 Å². The summed E-state index contributed by atoms with van der Waals surface area (Å²) in [4.78, 5) is 0. The van der Waals surface area contributed by atoms with Crippen molar-refractivity contribution < 1.29 is 0 Å². The fraction of sp³-hybridized carbons (Fsp3) is 0.294. The highest BCUT2D eigenvalue weighted by molar-refractivity contribution is 7.73. The zero-order valence-corrected chi connectivity index (χ0v) is 13.7. The molecule has 0 nitrogen and oxygen atoms in total. The maximum Gasteiger partial charge on any atom is -0.0151 e. The molecule has 0 amide bonds. The van der Waals surface area contributed by atoms with Gasteiger partial charge in [-0.3, -0.25) is 0 Å². The summed E-state index contributed by atoms with van der Waals surface area (Å²) in [7, 11) is 2.67. The minimum atomic E-state index is -0.258. The molecule has 0 bridgehead atoms. The molecule has 2 aromatic rings. The van der Waals surface area contributed by atoms with Crippen molar-refractivity contribution in [3.05, 3.63) is 60.7 Å². The van der Waals surface area contributed by atoms with Crippen LogP contribution in [-0.2, 0) is 0 Å². The molecular weight excluding hydrogens is 266 g/mol. The van der Waals surface area contributed by atoms with Gasteiger partial charge in [0.15, 0.2) is 0 Å². The normalized spacial score (nSPS) is 14.3. The van der Waals surface area contributed by atoms with Crippen molar-refractivity contribution in [3.8, 4) is 0 Å². The van der Waals surface area contributed by atoms with Gasteiger partial charge in [-0.2, -0.15) is 0 Å². The lowest BCUT2D eigenvalue weighted by Gasteiger charge is -2.26. The highest BCUT2D eigenvalue weighted by Gasteiger charge is 2.21. The fourth-order valence-electron chi connectivity index (χ4n) is 2.48. The van der Waals surface area contributed by atoms with Crippen LogP contribution in [0.15, 0.2) is 60.7 Å². The van der Waals surface area contributed by atoms with Crippen molar-refractivity contribution in [1.82, 2.24) is 0 Å². The minimum Gasteiger partial charge on any atom is -0.135 e. The maximum absolute atomic E-state index is 2.93. The average molecular weight is 288 g/mol. The highest BCUT2D eigenvalue weighted by Crippen LogP contribution is 2.41. The second kappa shape index (κ2) is 7.18. The zero-order chi connectivity index (χ0) is 13.7. The molecule has 2 heteroatoms. The molecule has 0 N–H and O–H groups in total. The highest BCUT2D eigenvalue weighted by atomic mass is 31.1. The van der Waals surface area contributed by atoms with Gasteiger partial charge in [-0.05, 0) is 36.3 Å². The van der Waals surface area contributed by atoms with Gasteiger partial charge in [0.1, 0.15) is 0 Å². The molecule has 0 aliphatic rings. The Morgan fingerprint density at radius 3 is 1.63 bits per heavy atom. The van der Waals surface area contributed by atoms with E-state index in [0.717, 1.165) is 0 Å². The van der Waals surface area contributed by atoms with Crippen LogP contribution in [0.25, 0.3) is 0 Å². The third kappa shape index (κ3) is 4.13. The lowest BCUT2D eigenvalue weighted by molar-refractivity contribution is 0.798. The topological polar surface area (TPSA) is 0 Å². The van der Waals surface area contributed by atoms with Crippen molar-refractivity contribution in [2.45, 2.75) is 31.6 Å². The molecule has 19 heavy (non-hydrogen) atoms. The van der Waals surface area contributed by atoms with Crippen molar-refractivity contribution in [3.63, 3.8) is 0 Å². The molecule has 2 aromatic carbocycles. The molecule has 0 aliphatic heterocycles. The first kappa shape index (κ1) is 14.7. The first-order valence-electron chi connectivity index (χ1n) is 6.83. The maximum atomic E-state index is 2.93. The van der Waals surface area contributed by atoms with Crippen LogP contribution in [-0.4, -0.2) is 11.3 Å². The number of benzene rings is 2. The molecule has 2 rings (SSSR count). The third-order valence-corrected chi connectivity index (χ3v) is 6.30. The molecule has 0 spiro atoms. The lowest BCUT2D eigenvalue weighted by Crippen LogP contribution is -2.21. The Morgan fingerprint density at radius 2 is 1.26 bits per heavy atom. The Bertz CT molecular complexity index is 440. The van der Waals surface area contributed by atoms with Gasteiger partial charge >= 0.3 is 0 Å². The molecule has 0 saturated carbocycles. The van der Waals surface area contributed by atoms with Gasteiger partial charge in [0.2, 0.25) is 0 Å². The summed E-state index contributed by atoms with van der Waals surface area (Å²) in [5, 5.41) is 2.98. The second-order valence-electron chi connectivity index (χ2n) is 5.10. The van der Waals surface area contributed by atoms with Gasteiger partial charge in [0.25, 0.3) is 0 Å². The number of hydrogen-bond acceptors (Lipinski definition) is 0. The van der Waals surface area contributed by atoms with Gasteiger partial charge in [0.05, 0.1) is 0 Å². The van der Waals surface area contributed by atoms with Crippen molar-refractivity contribution >= 4 is 27.8 Å². The van der Waals surface area contributed by atoms with Crippen LogP contribution in [0.3, 0.4) is 0 Å². The van der Waals surface area contributed by atoms with E-state index in [9.17, 15) is 0 Å². The smallest absolute Gasteiger partial charge is 0.0151 e. The Morgan fingerprint density at radius 1 is 0.842 bits per heavy atom. The molecule has 3 atom stereocenters. The van der Waals surface area contributed by atoms with Crippen LogP contribution in [0.5, 0.6) is 0 Å². The lowest BCUT2D eigenvalue weighted by atomic mass is 10.3. The Hall–Kier alpha value is -0.700. The van der Waals surface area contributed by atoms with E-state index in [-0.39, 0.29) is 7.92 Å².